The number of nitroso groups, excluding NO2 is 1. The van der Waals surface area contributed by atoms with Crippen LogP contribution in [0.1, 0.15) is 33.1 Å². The summed E-state index contributed by atoms with van der Waals surface area (Å²) in [5, 5.41) is 2.66. The molecule has 0 amide bonds. The molecular weight excluding hydrogens is 256 g/mol. The predicted octanol–water partition coefficient (Wildman–Crippen LogP) is 1.54. The molecule has 6 nitrogen and oxygen atoms in total. The van der Waals surface area contributed by atoms with Crippen molar-refractivity contribution in [3.05, 3.63) is 4.91 Å². The van der Waals surface area contributed by atoms with Crippen LogP contribution in [-0.4, -0.2) is 32.1 Å². The van der Waals surface area contributed by atoms with Gasteiger partial charge in [-0.1, -0.05) is 19.0 Å². The summed E-state index contributed by atoms with van der Waals surface area (Å²) in [5.74, 6) is 0.508. The van der Waals surface area contributed by atoms with Gasteiger partial charge in [0.15, 0.2) is 0 Å². The molecule has 0 aromatic heterocycles. The minimum Gasteiger partial charge on any atom is -0.299 e. The number of hydrogen-bond donors (Lipinski definition) is 1. The average Bonchev–Trinajstić information content (AvgIpc) is 2.62. The summed E-state index contributed by atoms with van der Waals surface area (Å²) in [6, 6.07) is 0. The summed E-state index contributed by atoms with van der Waals surface area (Å²) >= 11 is -2.27. The Kier molecular flexibility index (Phi) is 3.42. The van der Waals surface area contributed by atoms with Crippen molar-refractivity contribution in [2.24, 2.45) is 21.9 Å². The second-order valence-electron chi connectivity index (χ2n) is 5.81. The fraction of sp³-hybridized carbons (Fsp3) is 0.909. The molecule has 0 aromatic rings. The zero-order valence-electron chi connectivity index (χ0n) is 10.6. The van der Waals surface area contributed by atoms with Gasteiger partial charge in [0, 0.05) is 18.4 Å². The van der Waals surface area contributed by atoms with Crippen molar-refractivity contribution in [2.75, 3.05) is 13.2 Å². The minimum atomic E-state index is -2.27. The Morgan fingerprint density at radius 2 is 2.22 bits per heavy atom. The van der Waals surface area contributed by atoms with Crippen LogP contribution in [-0.2, 0) is 16.1 Å². The number of nitrogens with zero attached hydrogens (tertiary/aromatic N) is 2. The van der Waals surface area contributed by atoms with Crippen LogP contribution in [0, 0.1) is 21.7 Å². The van der Waals surface area contributed by atoms with Gasteiger partial charge < -0.3 is 0 Å². The third kappa shape index (κ3) is 1.76. The first-order chi connectivity index (χ1) is 8.35. The van der Waals surface area contributed by atoms with Crippen LogP contribution >= 0.6 is 0 Å². The summed E-state index contributed by atoms with van der Waals surface area (Å²) < 4.78 is 21.4. The van der Waals surface area contributed by atoms with Gasteiger partial charge >= 0.3 is 0 Å². The van der Waals surface area contributed by atoms with Crippen LogP contribution in [0.4, 0.5) is 0 Å². The molecule has 3 atom stereocenters. The highest BCUT2D eigenvalue weighted by molar-refractivity contribution is 7.76. The number of hydrogen-bond acceptors (Lipinski definition) is 4. The fourth-order valence-corrected chi connectivity index (χ4v) is 4.14. The molecule has 1 N–H and O–H groups in total. The van der Waals surface area contributed by atoms with Crippen molar-refractivity contribution in [2.45, 2.75) is 33.1 Å². The summed E-state index contributed by atoms with van der Waals surface area (Å²) in [5.41, 5.74) is -0.772. The Morgan fingerprint density at radius 1 is 1.56 bits per heavy atom. The third-order valence-corrected chi connectivity index (χ3v) is 5.71. The quantitative estimate of drug-likeness (QED) is 0.608. The van der Waals surface area contributed by atoms with Crippen LogP contribution < -0.4 is 0 Å². The highest BCUT2D eigenvalue weighted by atomic mass is 32.2. The van der Waals surface area contributed by atoms with Crippen LogP contribution in [0.3, 0.4) is 0 Å². The number of rotatable bonds is 5. The molecule has 2 fully saturated rings. The molecule has 0 aromatic carbocycles. The second kappa shape index (κ2) is 4.47. The van der Waals surface area contributed by atoms with Gasteiger partial charge in [-0.2, -0.15) is 4.31 Å². The lowest BCUT2D eigenvalue weighted by Gasteiger charge is -2.38. The molecule has 2 aliphatic carbocycles. The Balaban J connectivity index is 2.27. The molecule has 2 saturated carbocycles. The molecule has 0 aliphatic heterocycles. The van der Waals surface area contributed by atoms with Crippen LogP contribution in [0.15, 0.2) is 5.18 Å². The van der Waals surface area contributed by atoms with Gasteiger partial charge in [0.25, 0.3) is 0 Å². The van der Waals surface area contributed by atoms with E-state index in [1.165, 1.54) is 0 Å². The van der Waals surface area contributed by atoms with Crippen molar-refractivity contribution in [3.63, 3.8) is 0 Å². The van der Waals surface area contributed by atoms with Gasteiger partial charge in [-0.25, -0.2) is 4.21 Å². The Bertz CT molecular complexity index is 412. The molecule has 3 unspecified atom stereocenters. The molecule has 18 heavy (non-hydrogen) atoms. The first kappa shape index (κ1) is 13.8. The second-order valence-corrected chi connectivity index (χ2v) is 6.79. The van der Waals surface area contributed by atoms with E-state index < -0.39 is 16.7 Å². The zero-order chi connectivity index (χ0) is 13.6. The highest BCUT2D eigenvalue weighted by Gasteiger charge is 2.64. The predicted molar refractivity (Wildman–Crippen MR) is 66.7 cm³/mol. The molecule has 0 radical (unpaired) electrons. The summed E-state index contributed by atoms with van der Waals surface area (Å²) in [7, 11) is 0. The maximum absolute atomic E-state index is 12.2. The van der Waals surface area contributed by atoms with Crippen LogP contribution in [0.25, 0.3) is 0 Å². The number of ketones is 1. The van der Waals surface area contributed by atoms with E-state index in [9.17, 15) is 18.5 Å². The van der Waals surface area contributed by atoms with Crippen molar-refractivity contribution in [1.82, 2.24) is 4.31 Å². The van der Waals surface area contributed by atoms with Gasteiger partial charge in [0.05, 0.1) is 0 Å². The third-order valence-electron chi connectivity index (χ3n) is 5.02. The molecule has 102 valence electrons. The molecule has 0 saturated heterocycles. The van der Waals surface area contributed by atoms with Crippen molar-refractivity contribution in [1.29, 1.82) is 0 Å². The lowest BCUT2D eigenvalue weighted by molar-refractivity contribution is -0.130. The largest absolute Gasteiger partial charge is 0.299 e. The zero-order valence-corrected chi connectivity index (χ0v) is 11.4. The highest BCUT2D eigenvalue weighted by Crippen LogP contribution is 2.64. The summed E-state index contributed by atoms with van der Waals surface area (Å²) in [4.78, 5) is 22.5. The number of fused-ring (bicyclic) bond motifs is 2. The molecule has 0 heterocycles. The van der Waals surface area contributed by atoms with Crippen molar-refractivity contribution in [3.8, 4) is 0 Å². The monoisotopic (exact) mass is 274 g/mol. The Hall–Kier alpha value is -0.660. The topological polar surface area (TPSA) is 87.0 Å². The molecule has 2 rings (SSSR count). The SMILES string of the molecule is CC1(C)C2CCC1(CN(CN=O)S(=O)O)C(=O)C2. The maximum atomic E-state index is 12.2. The maximum Gasteiger partial charge on any atom is 0.236 e. The van der Waals surface area contributed by atoms with E-state index in [2.05, 4.69) is 5.18 Å². The van der Waals surface area contributed by atoms with E-state index in [1.807, 2.05) is 13.8 Å². The summed E-state index contributed by atoms with van der Waals surface area (Å²) in [6.45, 7) is 3.87. The number of Topliss-reactive ketones (excluding diaryl/α,β-unsaturated/α-hetero) is 1. The van der Waals surface area contributed by atoms with Gasteiger partial charge in [0.2, 0.25) is 11.3 Å². The van der Waals surface area contributed by atoms with E-state index in [0.717, 1.165) is 17.1 Å². The molecule has 2 bridgehead atoms. The first-order valence-corrected chi connectivity index (χ1v) is 7.10. The van der Waals surface area contributed by atoms with E-state index in [-0.39, 0.29) is 24.4 Å². The van der Waals surface area contributed by atoms with E-state index in [0.29, 0.717) is 12.3 Å². The van der Waals surface area contributed by atoms with Gasteiger partial charge in [-0.15, -0.1) is 4.91 Å². The van der Waals surface area contributed by atoms with Gasteiger partial charge in [-0.3, -0.25) is 9.35 Å². The van der Waals surface area contributed by atoms with E-state index in [1.54, 1.807) is 0 Å². The smallest absolute Gasteiger partial charge is 0.236 e. The molecular formula is C11H18N2O4S. The Morgan fingerprint density at radius 3 is 2.61 bits per heavy atom. The lowest BCUT2D eigenvalue weighted by Crippen LogP contribution is -2.46. The first-order valence-electron chi connectivity index (χ1n) is 6.03. The molecule has 0 spiro atoms. The van der Waals surface area contributed by atoms with E-state index >= 15 is 0 Å². The van der Waals surface area contributed by atoms with Gasteiger partial charge in [0.1, 0.15) is 12.5 Å². The Labute approximate surface area is 109 Å². The normalized spacial score (nSPS) is 35.1. The van der Waals surface area contributed by atoms with Crippen LogP contribution in [0.5, 0.6) is 0 Å². The van der Waals surface area contributed by atoms with Crippen molar-refractivity contribution < 1.29 is 13.6 Å². The average molecular weight is 274 g/mol. The van der Waals surface area contributed by atoms with Crippen molar-refractivity contribution >= 4 is 17.0 Å². The summed E-state index contributed by atoms with van der Waals surface area (Å²) in [6.07, 6.45) is 2.25. The van der Waals surface area contributed by atoms with Crippen LogP contribution in [0.2, 0.25) is 0 Å². The minimum absolute atomic E-state index is 0.143. The lowest BCUT2D eigenvalue weighted by atomic mass is 9.69. The van der Waals surface area contributed by atoms with Gasteiger partial charge in [-0.05, 0) is 24.2 Å². The number of carbonyl (C=O) groups is 1. The fourth-order valence-electron chi connectivity index (χ4n) is 3.66. The molecule has 2 aliphatic rings. The number of carbonyl (C=O) groups excluding carboxylic acids is 1. The molecule has 7 heteroatoms. The van der Waals surface area contributed by atoms with E-state index in [4.69, 9.17) is 0 Å². The standard InChI is InChI=1S/C11H18N2O4S/c1-10(2)8-3-4-11(10,9(14)5-8)6-13(7-12-15)18(16)17/h8H,3-7H2,1-2H3,(H,16,17).